The van der Waals surface area contributed by atoms with Gasteiger partial charge in [-0.15, -0.1) is 0 Å². The van der Waals surface area contributed by atoms with E-state index in [4.69, 9.17) is 9.47 Å². The number of fused-ring (bicyclic) bond motifs is 1. The molecule has 1 amide bonds. The second-order valence-corrected chi connectivity index (χ2v) is 5.28. The maximum atomic E-state index is 12.2. The zero-order valence-electron chi connectivity index (χ0n) is 12.5. The van der Waals surface area contributed by atoms with Gasteiger partial charge in [-0.2, -0.15) is 0 Å². The fourth-order valence-electron chi connectivity index (χ4n) is 2.61. The van der Waals surface area contributed by atoms with Crippen LogP contribution in [0.4, 0.5) is 0 Å². The van der Waals surface area contributed by atoms with E-state index in [1.807, 2.05) is 18.2 Å². The molecular weight excluding hydrogens is 282 g/mol. The number of para-hydroxylation sites is 1. The van der Waals surface area contributed by atoms with Gasteiger partial charge in [-0.25, -0.2) is 4.98 Å². The van der Waals surface area contributed by atoms with Gasteiger partial charge in [0.1, 0.15) is 6.61 Å². The van der Waals surface area contributed by atoms with Crippen LogP contribution >= 0.6 is 0 Å². The number of imidazole rings is 1. The first-order chi connectivity index (χ1) is 10.8. The van der Waals surface area contributed by atoms with Crippen LogP contribution in [-0.2, 0) is 17.6 Å². The number of aromatic nitrogens is 2. The van der Waals surface area contributed by atoms with Crippen molar-refractivity contribution in [3.8, 4) is 11.5 Å². The second kappa shape index (κ2) is 6.51. The lowest BCUT2D eigenvalue weighted by molar-refractivity contribution is -0.126. The summed E-state index contributed by atoms with van der Waals surface area (Å²) in [5, 5.41) is 2.95. The average molecular weight is 301 g/mol. The minimum absolute atomic E-state index is 0.0213. The van der Waals surface area contributed by atoms with Crippen molar-refractivity contribution in [3.05, 3.63) is 42.0 Å². The Kier molecular flexibility index (Phi) is 4.27. The molecule has 2 N–H and O–H groups in total. The van der Waals surface area contributed by atoms with Crippen LogP contribution in [0.15, 0.2) is 30.7 Å². The van der Waals surface area contributed by atoms with Crippen LogP contribution in [0.3, 0.4) is 0 Å². The molecule has 0 saturated heterocycles. The van der Waals surface area contributed by atoms with E-state index in [1.54, 1.807) is 19.6 Å². The molecule has 116 valence electrons. The van der Waals surface area contributed by atoms with Gasteiger partial charge in [0.05, 0.1) is 19.4 Å². The number of carbonyl (C=O) groups excluding carboxylic acids is 1. The van der Waals surface area contributed by atoms with E-state index in [0.29, 0.717) is 19.6 Å². The van der Waals surface area contributed by atoms with Gasteiger partial charge in [0, 0.05) is 24.9 Å². The number of benzene rings is 1. The van der Waals surface area contributed by atoms with Crippen molar-refractivity contribution >= 4 is 5.91 Å². The predicted molar refractivity (Wildman–Crippen MR) is 81.0 cm³/mol. The molecule has 1 aliphatic heterocycles. The van der Waals surface area contributed by atoms with Crippen molar-refractivity contribution in [2.24, 2.45) is 5.92 Å². The summed E-state index contributed by atoms with van der Waals surface area (Å²) in [5.41, 5.74) is 2.02. The Morgan fingerprint density at radius 3 is 3.23 bits per heavy atom. The molecule has 0 fully saturated rings. The van der Waals surface area contributed by atoms with Crippen molar-refractivity contribution in [1.82, 2.24) is 15.3 Å². The SMILES string of the molecule is COc1cccc2c1OCC(C(=O)NCCc1cnc[nH]1)C2. The lowest BCUT2D eigenvalue weighted by atomic mass is 9.95. The summed E-state index contributed by atoms with van der Waals surface area (Å²) in [5.74, 6) is 1.33. The quantitative estimate of drug-likeness (QED) is 0.873. The third-order valence-electron chi connectivity index (χ3n) is 3.79. The zero-order chi connectivity index (χ0) is 15.4. The van der Waals surface area contributed by atoms with Crippen LogP contribution in [-0.4, -0.2) is 36.1 Å². The number of nitrogens with one attached hydrogen (secondary N) is 2. The molecule has 22 heavy (non-hydrogen) atoms. The molecular formula is C16H19N3O3. The molecule has 2 aromatic rings. The lowest BCUT2D eigenvalue weighted by Gasteiger charge is -2.25. The molecule has 0 bridgehead atoms. The smallest absolute Gasteiger partial charge is 0.226 e. The highest BCUT2D eigenvalue weighted by atomic mass is 16.5. The maximum absolute atomic E-state index is 12.2. The predicted octanol–water partition coefficient (Wildman–Crippen LogP) is 1.33. The summed E-state index contributed by atoms with van der Waals surface area (Å²) in [6.45, 7) is 0.964. The molecule has 3 rings (SSSR count). The van der Waals surface area contributed by atoms with Crippen LogP contribution in [0.25, 0.3) is 0 Å². The molecule has 2 heterocycles. The van der Waals surface area contributed by atoms with Gasteiger partial charge in [-0.1, -0.05) is 12.1 Å². The van der Waals surface area contributed by atoms with Crippen LogP contribution in [0.5, 0.6) is 11.5 Å². The van der Waals surface area contributed by atoms with Gasteiger partial charge >= 0.3 is 0 Å². The Bertz CT molecular complexity index is 640. The fraction of sp³-hybridized carbons (Fsp3) is 0.375. The molecule has 0 saturated carbocycles. The molecule has 1 unspecified atom stereocenters. The number of ether oxygens (including phenoxy) is 2. The number of hydrogen-bond acceptors (Lipinski definition) is 4. The van der Waals surface area contributed by atoms with Gasteiger partial charge in [0.2, 0.25) is 5.91 Å². The molecule has 6 nitrogen and oxygen atoms in total. The average Bonchev–Trinajstić information content (AvgIpc) is 3.07. The monoisotopic (exact) mass is 301 g/mol. The van der Waals surface area contributed by atoms with Crippen molar-refractivity contribution in [3.63, 3.8) is 0 Å². The number of rotatable bonds is 5. The number of nitrogens with zero attached hydrogens (tertiary/aromatic N) is 1. The summed E-state index contributed by atoms with van der Waals surface area (Å²) < 4.78 is 11.0. The highest BCUT2D eigenvalue weighted by molar-refractivity contribution is 5.79. The third-order valence-corrected chi connectivity index (χ3v) is 3.79. The molecule has 1 aliphatic rings. The van der Waals surface area contributed by atoms with Crippen molar-refractivity contribution in [2.75, 3.05) is 20.3 Å². The van der Waals surface area contributed by atoms with Crippen LogP contribution in [0, 0.1) is 5.92 Å². The molecule has 0 radical (unpaired) electrons. The van der Waals surface area contributed by atoms with E-state index < -0.39 is 0 Å². The highest BCUT2D eigenvalue weighted by Crippen LogP contribution is 2.35. The Hall–Kier alpha value is -2.50. The number of H-pyrrole nitrogens is 1. The van der Waals surface area contributed by atoms with Gasteiger partial charge in [0.25, 0.3) is 0 Å². The molecule has 1 aromatic heterocycles. The van der Waals surface area contributed by atoms with Crippen LogP contribution < -0.4 is 14.8 Å². The number of aromatic amines is 1. The molecule has 0 aliphatic carbocycles. The minimum atomic E-state index is -0.165. The Morgan fingerprint density at radius 1 is 1.55 bits per heavy atom. The van der Waals surface area contributed by atoms with Crippen LogP contribution in [0.1, 0.15) is 11.3 Å². The van der Waals surface area contributed by atoms with Crippen LogP contribution in [0.2, 0.25) is 0 Å². The van der Waals surface area contributed by atoms with Crippen molar-refractivity contribution < 1.29 is 14.3 Å². The molecule has 0 spiro atoms. The highest BCUT2D eigenvalue weighted by Gasteiger charge is 2.27. The standard InChI is InChI=1S/C16H19N3O3/c1-21-14-4-2-3-11-7-12(9-22-15(11)14)16(20)18-6-5-13-8-17-10-19-13/h2-4,8,10,12H,5-7,9H2,1H3,(H,17,19)(H,18,20). The van der Waals surface area contributed by atoms with E-state index in [1.165, 1.54) is 0 Å². The molecule has 6 heteroatoms. The van der Waals surface area contributed by atoms with E-state index >= 15 is 0 Å². The summed E-state index contributed by atoms with van der Waals surface area (Å²) in [6, 6.07) is 5.76. The Balaban J connectivity index is 1.56. The van der Waals surface area contributed by atoms with Gasteiger partial charge < -0.3 is 19.8 Å². The van der Waals surface area contributed by atoms with Crippen molar-refractivity contribution in [2.45, 2.75) is 12.8 Å². The summed E-state index contributed by atoms with van der Waals surface area (Å²) >= 11 is 0. The largest absolute Gasteiger partial charge is 0.493 e. The number of methoxy groups -OCH3 is 1. The van der Waals surface area contributed by atoms with E-state index in [9.17, 15) is 4.79 Å². The van der Waals surface area contributed by atoms with Crippen molar-refractivity contribution in [1.29, 1.82) is 0 Å². The lowest BCUT2D eigenvalue weighted by Crippen LogP contribution is -2.38. The Morgan fingerprint density at radius 2 is 2.45 bits per heavy atom. The third kappa shape index (κ3) is 3.05. The van der Waals surface area contributed by atoms with E-state index in [-0.39, 0.29) is 11.8 Å². The first-order valence-corrected chi connectivity index (χ1v) is 7.31. The molecule has 1 atom stereocenters. The van der Waals surface area contributed by atoms with E-state index in [0.717, 1.165) is 29.2 Å². The molecule has 1 aromatic carbocycles. The summed E-state index contributed by atoms with van der Waals surface area (Å²) in [6.07, 6.45) is 4.81. The second-order valence-electron chi connectivity index (χ2n) is 5.28. The topological polar surface area (TPSA) is 76.2 Å². The summed E-state index contributed by atoms with van der Waals surface area (Å²) in [7, 11) is 1.62. The maximum Gasteiger partial charge on any atom is 0.226 e. The number of carbonyl (C=O) groups is 1. The first kappa shape index (κ1) is 14.4. The number of amides is 1. The van der Waals surface area contributed by atoms with Gasteiger partial charge in [0.15, 0.2) is 11.5 Å². The number of hydrogen-bond donors (Lipinski definition) is 2. The minimum Gasteiger partial charge on any atom is -0.493 e. The van der Waals surface area contributed by atoms with Gasteiger partial charge in [-0.05, 0) is 18.1 Å². The van der Waals surface area contributed by atoms with E-state index in [2.05, 4.69) is 15.3 Å². The normalized spacial score (nSPS) is 16.5. The Labute approximate surface area is 128 Å². The fourth-order valence-corrected chi connectivity index (χ4v) is 2.61. The zero-order valence-corrected chi connectivity index (χ0v) is 12.5. The van der Waals surface area contributed by atoms with Gasteiger partial charge in [-0.3, -0.25) is 4.79 Å². The first-order valence-electron chi connectivity index (χ1n) is 7.31. The summed E-state index contributed by atoms with van der Waals surface area (Å²) in [4.78, 5) is 19.2.